The van der Waals surface area contributed by atoms with Crippen molar-refractivity contribution in [2.45, 2.75) is 65.2 Å². The molecule has 0 heterocycles. The van der Waals surface area contributed by atoms with Gasteiger partial charge in [-0.1, -0.05) is 69.0 Å². The lowest BCUT2D eigenvalue weighted by molar-refractivity contribution is 0.0601. The van der Waals surface area contributed by atoms with Crippen LogP contribution in [-0.2, 0) is 11.2 Å². The molecular formula is C28H39NO2. The van der Waals surface area contributed by atoms with Crippen molar-refractivity contribution >= 4 is 5.97 Å². The summed E-state index contributed by atoms with van der Waals surface area (Å²) in [6, 6.07) is 14.5. The fraction of sp³-hybridized carbons (Fsp3) is 0.536. The highest BCUT2D eigenvalue weighted by Crippen LogP contribution is 2.29. The molecule has 3 heteroatoms. The fourth-order valence-electron chi connectivity index (χ4n) is 4.83. The van der Waals surface area contributed by atoms with E-state index in [0.717, 1.165) is 30.0 Å². The molecule has 0 spiro atoms. The number of aryl methyl sites for hydroxylation is 1. The number of rotatable bonds is 10. The molecule has 31 heavy (non-hydrogen) atoms. The maximum absolute atomic E-state index is 12.4. The summed E-state index contributed by atoms with van der Waals surface area (Å²) in [5.74, 6) is 0.599. The Morgan fingerprint density at radius 1 is 1.03 bits per heavy atom. The lowest BCUT2D eigenvalue weighted by atomic mass is 9.88. The summed E-state index contributed by atoms with van der Waals surface area (Å²) in [7, 11) is 1.45. The van der Waals surface area contributed by atoms with Crippen molar-refractivity contribution in [3.63, 3.8) is 0 Å². The Morgan fingerprint density at radius 2 is 1.81 bits per heavy atom. The average molecular weight is 422 g/mol. The third kappa shape index (κ3) is 6.67. The van der Waals surface area contributed by atoms with Crippen molar-refractivity contribution in [2.24, 2.45) is 5.92 Å². The van der Waals surface area contributed by atoms with E-state index in [1.165, 1.54) is 76.3 Å². The summed E-state index contributed by atoms with van der Waals surface area (Å²) in [5, 5.41) is 0. The van der Waals surface area contributed by atoms with Crippen LogP contribution in [0.15, 0.2) is 42.5 Å². The zero-order valence-corrected chi connectivity index (χ0v) is 19.7. The highest BCUT2D eigenvalue weighted by Gasteiger charge is 2.18. The van der Waals surface area contributed by atoms with Crippen LogP contribution in [0.5, 0.6) is 0 Å². The van der Waals surface area contributed by atoms with E-state index < -0.39 is 0 Å². The third-order valence-corrected chi connectivity index (χ3v) is 6.71. The summed E-state index contributed by atoms with van der Waals surface area (Å²) in [6.45, 7) is 7.89. The van der Waals surface area contributed by atoms with Gasteiger partial charge in [0.05, 0.1) is 12.7 Å². The zero-order chi connectivity index (χ0) is 22.1. The molecule has 168 valence electrons. The summed E-state index contributed by atoms with van der Waals surface area (Å²) in [4.78, 5) is 15.1. The molecule has 1 aliphatic carbocycles. The van der Waals surface area contributed by atoms with E-state index >= 15 is 0 Å². The standard InChI is InChI=1S/C28H39NO2/c1-4-5-18-29(21-24-12-7-6-8-13-24)19-17-23-15-16-26(28(30)31-3)27(20-23)25-14-10-9-11-22(25)2/h9-11,14-16,20,24H,4-8,12-13,17-19,21H2,1-3H3. The maximum Gasteiger partial charge on any atom is 0.338 e. The van der Waals surface area contributed by atoms with Crippen LogP contribution >= 0.6 is 0 Å². The summed E-state index contributed by atoms with van der Waals surface area (Å²) < 4.78 is 5.06. The molecule has 0 radical (unpaired) electrons. The number of esters is 1. The van der Waals surface area contributed by atoms with Crippen LogP contribution in [-0.4, -0.2) is 37.6 Å². The van der Waals surface area contributed by atoms with E-state index in [4.69, 9.17) is 4.74 Å². The number of nitrogens with zero attached hydrogens (tertiary/aromatic N) is 1. The van der Waals surface area contributed by atoms with Gasteiger partial charge in [0, 0.05) is 13.1 Å². The monoisotopic (exact) mass is 421 g/mol. The quantitative estimate of drug-likeness (QED) is 0.401. The smallest absolute Gasteiger partial charge is 0.338 e. The van der Waals surface area contributed by atoms with Crippen molar-refractivity contribution in [3.05, 3.63) is 59.2 Å². The first-order valence-corrected chi connectivity index (χ1v) is 12.1. The minimum absolute atomic E-state index is 0.272. The number of carbonyl (C=O) groups excluding carboxylic acids is 1. The van der Waals surface area contributed by atoms with E-state index in [-0.39, 0.29) is 5.97 Å². The predicted octanol–water partition coefficient (Wildman–Crippen LogP) is 6.67. The summed E-state index contributed by atoms with van der Waals surface area (Å²) in [5.41, 5.74) is 5.19. The van der Waals surface area contributed by atoms with Crippen LogP contribution in [0, 0.1) is 12.8 Å². The van der Waals surface area contributed by atoms with Crippen molar-refractivity contribution in [1.82, 2.24) is 4.90 Å². The Labute approximate surface area is 188 Å². The van der Waals surface area contributed by atoms with Gasteiger partial charge in [-0.05, 0) is 73.4 Å². The Hall–Kier alpha value is -2.13. The number of carbonyl (C=O) groups is 1. The molecule has 0 unspecified atom stereocenters. The van der Waals surface area contributed by atoms with Crippen molar-refractivity contribution in [3.8, 4) is 11.1 Å². The number of methoxy groups -OCH3 is 1. The summed E-state index contributed by atoms with van der Waals surface area (Å²) >= 11 is 0. The molecular weight excluding hydrogens is 382 g/mol. The topological polar surface area (TPSA) is 29.5 Å². The lowest BCUT2D eigenvalue weighted by Crippen LogP contribution is -2.33. The van der Waals surface area contributed by atoms with Crippen LogP contribution in [0.1, 0.15) is 73.4 Å². The number of unbranched alkanes of at least 4 members (excludes halogenated alkanes) is 1. The van der Waals surface area contributed by atoms with Gasteiger partial charge in [-0.25, -0.2) is 4.79 Å². The van der Waals surface area contributed by atoms with E-state index in [2.05, 4.69) is 43.0 Å². The Morgan fingerprint density at radius 3 is 2.52 bits per heavy atom. The van der Waals surface area contributed by atoms with Crippen LogP contribution in [0.3, 0.4) is 0 Å². The van der Waals surface area contributed by atoms with Gasteiger partial charge in [-0.15, -0.1) is 0 Å². The van der Waals surface area contributed by atoms with Gasteiger partial charge in [0.15, 0.2) is 0 Å². The van der Waals surface area contributed by atoms with Gasteiger partial charge in [0.1, 0.15) is 0 Å². The number of hydrogen-bond acceptors (Lipinski definition) is 3. The molecule has 1 aliphatic rings. The highest BCUT2D eigenvalue weighted by atomic mass is 16.5. The van der Waals surface area contributed by atoms with Gasteiger partial charge >= 0.3 is 5.97 Å². The fourth-order valence-corrected chi connectivity index (χ4v) is 4.83. The molecule has 0 aliphatic heterocycles. The van der Waals surface area contributed by atoms with Crippen LogP contribution in [0.4, 0.5) is 0 Å². The number of benzene rings is 2. The largest absolute Gasteiger partial charge is 0.465 e. The van der Waals surface area contributed by atoms with Crippen molar-refractivity contribution in [2.75, 3.05) is 26.7 Å². The maximum atomic E-state index is 12.4. The first-order valence-electron chi connectivity index (χ1n) is 12.1. The molecule has 2 aromatic rings. The second-order valence-electron chi connectivity index (χ2n) is 9.09. The van der Waals surface area contributed by atoms with E-state index in [9.17, 15) is 4.79 Å². The van der Waals surface area contributed by atoms with Gasteiger partial charge < -0.3 is 9.64 Å². The van der Waals surface area contributed by atoms with Crippen LogP contribution in [0.25, 0.3) is 11.1 Å². The predicted molar refractivity (Wildman–Crippen MR) is 130 cm³/mol. The minimum atomic E-state index is -0.272. The molecule has 2 aromatic carbocycles. The molecule has 0 amide bonds. The zero-order valence-electron chi connectivity index (χ0n) is 19.7. The molecule has 0 saturated heterocycles. The number of hydrogen-bond donors (Lipinski definition) is 0. The molecule has 0 bridgehead atoms. The first kappa shape index (κ1) is 23.5. The Balaban J connectivity index is 1.77. The second kappa shape index (κ2) is 12.0. The van der Waals surface area contributed by atoms with Gasteiger partial charge in [-0.3, -0.25) is 0 Å². The lowest BCUT2D eigenvalue weighted by Gasteiger charge is -2.30. The molecule has 1 fully saturated rings. The minimum Gasteiger partial charge on any atom is -0.465 e. The highest BCUT2D eigenvalue weighted by molar-refractivity contribution is 5.97. The molecule has 3 nitrogen and oxygen atoms in total. The molecule has 0 N–H and O–H groups in total. The summed E-state index contributed by atoms with van der Waals surface area (Å²) in [6.07, 6.45) is 10.5. The van der Waals surface area contributed by atoms with Crippen LogP contribution in [0.2, 0.25) is 0 Å². The molecule has 0 aromatic heterocycles. The van der Waals surface area contributed by atoms with E-state index in [0.29, 0.717) is 5.56 Å². The average Bonchev–Trinajstić information content (AvgIpc) is 2.81. The number of ether oxygens (including phenoxy) is 1. The second-order valence-corrected chi connectivity index (χ2v) is 9.09. The van der Waals surface area contributed by atoms with E-state index in [1.807, 2.05) is 18.2 Å². The van der Waals surface area contributed by atoms with Gasteiger partial charge in [-0.2, -0.15) is 0 Å². The molecule has 1 saturated carbocycles. The molecule has 0 atom stereocenters. The Kier molecular flexibility index (Phi) is 9.14. The van der Waals surface area contributed by atoms with Gasteiger partial charge in [0.2, 0.25) is 0 Å². The third-order valence-electron chi connectivity index (χ3n) is 6.71. The SMILES string of the molecule is CCCCN(CCc1ccc(C(=O)OC)c(-c2ccccc2C)c1)CC1CCCCC1. The normalized spacial score (nSPS) is 14.7. The van der Waals surface area contributed by atoms with Crippen molar-refractivity contribution < 1.29 is 9.53 Å². The van der Waals surface area contributed by atoms with Crippen LogP contribution < -0.4 is 0 Å². The Bertz CT molecular complexity index is 839. The van der Waals surface area contributed by atoms with E-state index in [1.54, 1.807) is 0 Å². The molecule has 3 rings (SSSR count). The van der Waals surface area contributed by atoms with Crippen molar-refractivity contribution in [1.29, 1.82) is 0 Å². The van der Waals surface area contributed by atoms with Gasteiger partial charge in [0.25, 0.3) is 0 Å². The first-order chi connectivity index (χ1) is 15.1.